The third-order valence-corrected chi connectivity index (χ3v) is 16.7. The van der Waals surface area contributed by atoms with Crippen LogP contribution in [-0.4, -0.2) is 12.6 Å². The van der Waals surface area contributed by atoms with Crippen molar-refractivity contribution in [2.45, 2.75) is 57.3 Å². The van der Waals surface area contributed by atoms with Crippen molar-refractivity contribution in [3.05, 3.63) is 11.6 Å². The van der Waals surface area contributed by atoms with Gasteiger partial charge in [-0.15, -0.1) is 0 Å². The Bertz CT molecular complexity index is 446. The number of carbonyl (C=O) groups is 1. The quantitative estimate of drug-likeness (QED) is 0.311. The van der Waals surface area contributed by atoms with Gasteiger partial charge >= 0.3 is 145 Å². The predicted molar refractivity (Wildman–Crippen MR) is 82.7 cm³/mol. The molecule has 0 N–H and O–H groups in total. The fraction of sp³-hybridized carbons (Fsp3) is 0.824. The molecule has 116 valence electrons. The van der Waals surface area contributed by atoms with Crippen LogP contribution in [0.25, 0.3) is 0 Å². The van der Waals surface area contributed by atoms with Crippen LogP contribution in [0.4, 0.5) is 0 Å². The molecule has 0 aromatic rings. The number of carbonyl (C=O) groups excluding carboxylic acids is 1. The summed E-state index contributed by atoms with van der Waals surface area (Å²) in [4.78, 5) is 12.6. The van der Waals surface area contributed by atoms with Crippen LogP contribution in [0.2, 0.25) is 3.43 Å². The van der Waals surface area contributed by atoms with Crippen LogP contribution in [0.1, 0.15) is 53.9 Å². The Morgan fingerprint density at radius 3 is 2.71 bits per heavy atom. The number of halogens is 1. The summed E-state index contributed by atoms with van der Waals surface area (Å²) >= 11 is -1.28. The van der Waals surface area contributed by atoms with Crippen molar-refractivity contribution < 1.29 is 32.9 Å². The van der Waals surface area contributed by atoms with E-state index in [2.05, 4.69) is 33.8 Å². The van der Waals surface area contributed by atoms with Gasteiger partial charge < -0.3 is 0 Å². The first kappa shape index (κ1) is 17.8. The molecule has 0 aromatic carbocycles. The van der Waals surface area contributed by atoms with E-state index in [1.165, 1.54) is 12.0 Å². The van der Waals surface area contributed by atoms with Crippen molar-refractivity contribution in [3.63, 3.8) is 0 Å². The summed E-state index contributed by atoms with van der Waals surface area (Å²) in [6, 6.07) is 0. The summed E-state index contributed by atoms with van der Waals surface area (Å²) in [5.41, 5.74) is 1.50. The number of esters is 1. The monoisotopic (exact) mass is 500 g/mol. The van der Waals surface area contributed by atoms with E-state index in [1.807, 2.05) is 6.92 Å². The van der Waals surface area contributed by atoms with Crippen LogP contribution in [-0.2, 0) is 32.9 Å². The molecule has 0 radical (unpaired) electrons. The summed E-state index contributed by atoms with van der Waals surface area (Å²) in [7, 11) is 6.43. The number of hydrogen-bond donors (Lipinski definition) is 0. The third kappa shape index (κ3) is 2.96. The van der Waals surface area contributed by atoms with Crippen molar-refractivity contribution in [3.8, 4) is 0 Å². The average molecular weight is 499 g/mol. The van der Waals surface area contributed by atoms with Crippen molar-refractivity contribution in [2.24, 2.45) is 22.7 Å². The van der Waals surface area contributed by atoms with Gasteiger partial charge in [0.25, 0.3) is 0 Å². The maximum atomic E-state index is 12.6. The minimum atomic E-state index is -1.28. The Balaban J connectivity index is 2.40. The van der Waals surface area contributed by atoms with Gasteiger partial charge in [0.15, 0.2) is 0 Å². The predicted octanol–water partition coefficient (Wildman–Crippen LogP) is 4.98. The minimum absolute atomic E-state index is 0.0248. The molecular formula is C17H27ClHgO2. The normalized spacial score (nSPS) is 38.0. The summed E-state index contributed by atoms with van der Waals surface area (Å²) in [6.07, 6.45) is 5.69. The summed E-state index contributed by atoms with van der Waals surface area (Å²) < 4.78 is 6.15. The third-order valence-electron chi connectivity index (χ3n) is 6.28. The molecule has 0 saturated heterocycles. The molecular weight excluding hydrogens is 472 g/mol. The molecule has 0 aromatic heterocycles. The van der Waals surface area contributed by atoms with E-state index in [0.717, 1.165) is 16.3 Å². The van der Waals surface area contributed by atoms with Gasteiger partial charge in [0.05, 0.1) is 0 Å². The van der Waals surface area contributed by atoms with Gasteiger partial charge in [-0.1, -0.05) is 0 Å². The van der Waals surface area contributed by atoms with E-state index < -0.39 is 23.3 Å². The Morgan fingerprint density at radius 2 is 2.14 bits per heavy atom. The molecule has 4 atom stereocenters. The van der Waals surface area contributed by atoms with Gasteiger partial charge in [-0.3, -0.25) is 0 Å². The maximum absolute atomic E-state index is 12.6. The fourth-order valence-corrected chi connectivity index (χ4v) is 13.9. The summed E-state index contributed by atoms with van der Waals surface area (Å²) in [5.74, 6) is 0.451. The molecule has 21 heavy (non-hydrogen) atoms. The Kier molecular flexibility index (Phi) is 5.51. The van der Waals surface area contributed by atoms with E-state index in [1.54, 1.807) is 0 Å². The molecule has 4 unspecified atom stereocenters. The van der Waals surface area contributed by atoms with Gasteiger partial charge in [-0.05, 0) is 0 Å². The second kappa shape index (κ2) is 6.51. The Hall–Kier alpha value is 0.435. The molecule has 0 aliphatic heterocycles. The van der Waals surface area contributed by atoms with Crippen molar-refractivity contribution in [1.29, 1.82) is 0 Å². The second-order valence-electron chi connectivity index (χ2n) is 7.64. The van der Waals surface area contributed by atoms with Gasteiger partial charge in [0.1, 0.15) is 0 Å². The number of ether oxygens (including phenoxy) is 1. The van der Waals surface area contributed by atoms with Crippen LogP contribution >= 0.6 is 8.25 Å². The Labute approximate surface area is 144 Å². The first-order chi connectivity index (χ1) is 9.79. The number of hydrogen-bond acceptors (Lipinski definition) is 2. The van der Waals surface area contributed by atoms with Crippen LogP contribution in [0.5, 0.6) is 0 Å². The zero-order chi connectivity index (χ0) is 15.8. The molecule has 2 nitrogen and oxygen atoms in total. The SMILES string of the molecule is CCOC(=O)C1C(C)=CCC2C(C)(C)[CH]([Hg][Cl])CCC12C. The molecule has 0 amide bonds. The summed E-state index contributed by atoms with van der Waals surface area (Å²) in [6.45, 7) is 11.6. The molecule has 1 fully saturated rings. The number of allylic oxidation sites excluding steroid dienone is 1. The van der Waals surface area contributed by atoms with Crippen LogP contribution in [0, 0.1) is 22.7 Å². The van der Waals surface area contributed by atoms with Crippen LogP contribution in [0.3, 0.4) is 0 Å². The zero-order valence-electron chi connectivity index (χ0n) is 14.0. The van der Waals surface area contributed by atoms with E-state index in [4.69, 9.17) is 13.0 Å². The molecule has 4 heteroatoms. The van der Waals surface area contributed by atoms with Gasteiger partial charge in [-0.2, -0.15) is 0 Å². The van der Waals surface area contributed by atoms with Crippen LogP contribution < -0.4 is 0 Å². The topological polar surface area (TPSA) is 26.3 Å². The van der Waals surface area contributed by atoms with E-state index in [9.17, 15) is 4.79 Å². The Morgan fingerprint density at radius 1 is 1.48 bits per heavy atom. The van der Waals surface area contributed by atoms with Gasteiger partial charge in [0.2, 0.25) is 0 Å². The molecule has 0 heterocycles. The number of fused-ring (bicyclic) bond motifs is 1. The van der Waals surface area contributed by atoms with Crippen molar-refractivity contribution in [2.75, 3.05) is 6.61 Å². The van der Waals surface area contributed by atoms with E-state index in [0.29, 0.717) is 12.5 Å². The first-order valence-electron chi connectivity index (χ1n) is 8.18. The second-order valence-corrected chi connectivity index (χ2v) is 15.4. The molecule has 2 rings (SSSR count). The van der Waals surface area contributed by atoms with Crippen molar-refractivity contribution in [1.82, 2.24) is 0 Å². The molecule has 1 saturated carbocycles. The average Bonchev–Trinajstić information content (AvgIpc) is 2.37. The van der Waals surface area contributed by atoms with E-state index in [-0.39, 0.29) is 22.7 Å². The van der Waals surface area contributed by atoms with Crippen LogP contribution in [0.15, 0.2) is 11.6 Å². The molecule has 0 spiro atoms. The zero-order valence-corrected chi connectivity index (χ0v) is 20.3. The van der Waals surface area contributed by atoms with Gasteiger partial charge in [0, 0.05) is 0 Å². The molecule has 2 aliphatic carbocycles. The molecule has 0 bridgehead atoms. The number of rotatable bonds is 3. The van der Waals surface area contributed by atoms with Gasteiger partial charge in [-0.25, -0.2) is 0 Å². The van der Waals surface area contributed by atoms with Crippen molar-refractivity contribution >= 4 is 14.2 Å². The summed E-state index contributed by atoms with van der Waals surface area (Å²) in [5, 5.41) is 0. The van der Waals surface area contributed by atoms with E-state index >= 15 is 0 Å². The molecule has 2 aliphatic rings. The standard InChI is InChI=1S/C17H27O2.ClH.Hg/c1-6-19-15(18)14-12(2)8-9-13-16(3,4)10-7-11-17(13,14)5;;/h8,10,13-14H,6-7,9,11H2,1-5H3;1H;/q;;+1/p-1. The fourth-order valence-electron chi connectivity index (χ4n) is 4.98. The first-order valence-corrected chi connectivity index (χ1v) is 18.1.